The predicted octanol–water partition coefficient (Wildman–Crippen LogP) is 1.16. The molecule has 1 heterocycles. The number of carbonyl (C=O) groups is 1. The van der Waals surface area contributed by atoms with Crippen LogP contribution in [-0.2, 0) is 4.79 Å². The first-order chi connectivity index (χ1) is 6.77. The lowest BCUT2D eigenvalue weighted by atomic mass is 10.1. The summed E-state index contributed by atoms with van der Waals surface area (Å²) >= 11 is 0. The lowest BCUT2D eigenvalue weighted by molar-refractivity contribution is -0.130. The second-order valence-corrected chi connectivity index (χ2v) is 3.72. The molecular formula is C11H20N2O. The van der Waals surface area contributed by atoms with Gasteiger partial charge in [0.2, 0.25) is 5.91 Å². The lowest BCUT2D eigenvalue weighted by Gasteiger charge is -2.20. The highest BCUT2D eigenvalue weighted by Crippen LogP contribution is 2.10. The molecule has 0 radical (unpaired) electrons. The van der Waals surface area contributed by atoms with Crippen LogP contribution < -0.4 is 5.32 Å². The van der Waals surface area contributed by atoms with E-state index >= 15 is 0 Å². The third kappa shape index (κ3) is 3.14. The number of hydrogen-bond donors (Lipinski definition) is 1. The van der Waals surface area contributed by atoms with Crippen molar-refractivity contribution in [2.24, 2.45) is 0 Å². The SMILES string of the molecule is C=CCN(CC)C(=O)CC1CCCN1. The Morgan fingerprint density at radius 2 is 2.50 bits per heavy atom. The normalized spacial score (nSPS) is 20.8. The van der Waals surface area contributed by atoms with Crippen LogP contribution in [0.4, 0.5) is 0 Å². The number of nitrogens with zero attached hydrogens (tertiary/aromatic N) is 1. The quantitative estimate of drug-likeness (QED) is 0.669. The Balaban J connectivity index is 2.33. The molecule has 1 saturated heterocycles. The van der Waals surface area contributed by atoms with E-state index in [1.807, 2.05) is 11.8 Å². The van der Waals surface area contributed by atoms with E-state index in [2.05, 4.69) is 11.9 Å². The second kappa shape index (κ2) is 5.81. The predicted molar refractivity (Wildman–Crippen MR) is 58.1 cm³/mol. The maximum Gasteiger partial charge on any atom is 0.224 e. The first-order valence-corrected chi connectivity index (χ1v) is 5.40. The molecule has 3 nitrogen and oxygen atoms in total. The third-order valence-electron chi connectivity index (χ3n) is 2.67. The van der Waals surface area contributed by atoms with Crippen molar-refractivity contribution in [2.45, 2.75) is 32.2 Å². The van der Waals surface area contributed by atoms with Gasteiger partial charge in [0.15, 0.2) is 0 Å². The van der Waals surface area contributed by atoms with E-state index in [1.54, 1.807) is 6.08 Å². The van der Waals surface area contributed by atoms with Gasteiger partial charge in [0.25, 0.3) is 0 Å². The molecule has 1 amide bonds. The van der Waals surface area contributed by atoms with Crippen molar-refractivity contribution in [2.75, 3.05) is 19.6 Å². The van der Waals surface area contributed by atoms with Crippen LogP contribution >= 0.6 is 0 Å². The fourth-order valence-electron chi connectivity index (χ4n) is 1.83. The van der Waals surface area contributed by atoms with Gasteiger partial charge in [-0.05, 0) is 26.3 Å². The first-order valence-electron chi connectivity index (χ1n) is 5.40. The van der Waals surface area contributed by atoms with Crippen molar-refractivity contribution in [1.29, 1.82) is 0 Å². The van der Waals surface area contributed by atoms with Gasteiger partial charge in [-0.15, -0.1) is 6.58 Å². The van der Waals surface area contributed by atoms with Gasteiger partial charge in [0, 0.05) is 25.6 Å². The maximum atomic E-state index is 11.8. The van der Waals surface area contributed by atoms with Crippen LogP contribution in [0.3, 0.4) is 0 Å². The highest BCUT2D eigenvalue weighted by molar-refractivity contribution is 5.77. The van der Waals surface area contributed by atoms with Crippen LogP contribution in [0.2, 0.25) is 0 Å². The van der Waals surface area contributed by atoms with Crippen molar-refractivity contribution in [1.82, 2.24) is 10.2 Å². The summed E-state index contributed by atoms with van der Waals surface area (Å²) in [6, 6.07) is 0.404. The summed E-state index contributed by atoms with van der Waals surface area (Å²) in [6.07, 6.45) is 4.76. The molecule has 1 N–H and O–H groups in total. The van der Waals surface area contributed by atoms with E-state index in [-0.39, 0.29) is 5.91 Å². The Morgan fingerprint density at radius 1 is 1.71 bits per heavy atom. The molecule has 1 rings (SSSR count). The van der Waals surface area contributed by atoms with Crippen LogP contribution in [-0.4, -0.2) is 36.5 Å². The molecule has 1 aliphatic heterocycles. The Morgan fingerprint density at radius 3 is 3.00 bits per heavy atom. The van der Waals surface area contributed by atoms with Gasteiger partial charge in [-0.25, -0.2) is 0 Å². The molecule has 1 aliphatic rings. The zero-order valence-electron chi connectivity index (χ0n) is 8.96. The second-order valence-electron chi connectivity index (χ2n) is 3.72. The zero-order valence-corrected chi connectivity index (χ0v) is 8.96. The third-order valence-corrected chi connectivity index (χ3v) is 2.67. The Labute approximate surface area is 86.2 Å². The lowest BCUT2D eigenvalue weighted by Crippen LogP contribution is -2.35. The molecule has 0 aromatic carbocycles. The first kappa shape index (κ1) is 11.2. The van der Waals surface area contributed by atoms with Gasteiger partial charge < -0.3 is 10.2 Å². The molecule has 1 atom stereocenters. The number of hydrogen-bond acceptors (Lipinski definition) is 2. The summed E-state index contributed by atoms with van der Waals surface area (Å²) < 4.78 is 0. The summed E-state index contributed by atoms with van der Waals surface area (Å²) in [5.74, 6) is 0.242. The van der Waals surface area contributed by atoms with Crippen molar-refractivity contribution in [3.05, 3.63) is 12.7 Å². The molecule has 0 aromatic heterocycles. The maximum absolute atomic E-state index is 11.8. The zero-order chi connectivity index (χ0) is 10.4. The molecule has 0 spiro atoms. The van der Waals surface area contributed by atoms with Crippen LogP contribution in [0, 0.1) is 0 Å². The summed E-state index contributed by atoms with van der Waals surface area (Å²) in [4.78, 5) is 13.6. The molecule has 1 fully saturated rings. The fraction of sp³-hybridized carbons (Fsp3) is 0.727. The van der Waals surface area contributed by atoms with Crippen molar-refractivity contribution in [3.8, 4) is 0 Å². The summed E-state index contributed by atoms with van der Waals surface area (Å²) in [5, 5.41) is 3.34. The minimum atomic E-state index is 0.242. The van der Waals surface area contributed by atoms with Crippen LogP contribution in [0.15, 0.2) is 12.7 Å². The van der Waals surface area contributed by atoms with E-state index in [9.17, 15) is 4.79 Å². The summed E-state index contributed by atoms with van der Waals surface area (Å²) in [7, 11) is 0. The van der Waals surface area contributed by atoms with E-state index in [4.69, 9.17) is 0 Å². The minimum Gasteiger partial charge on any atom is -0.339 e. The Kier molecular flexibility index (Phi) is 4.66. The van der Waals surface area contributed by atoms with E-state index in [1.165, 1.54) is 6.42 Å². The van der Waals surface area contributed by atoms with Gasteiger partial charge in [0.1, 0.15) is 0 Å². The van der Waals surface area contributed by atoms with Gasteiger partial charge in [0.05, 0.1) is 0 Å². The van der Waals surface area contributed by atoms with Crippen LogP contribution in [0.25, 0.3) is 0 Å². The molecule has 0 aliphatic carbocycles. The highest BCUT2D eigenvalue weighted by Gasteiger charge is 2.19. The topological polar surface area (TPSA) is 32.3 Å². The molecule has 0 saturated carbocycles. The smallest absolute Gasteiger partial charge is 0.224 e. The van der Waals surface area contributed by atoms with Crippen molar-refractivity contribution >= 4 is 5.91 Å². The summed E-state index contributed by atoms with van der Waals surface area (Å²) in [5.41, 5.74) is 0. The van der Waals surface area contributed by atoms with Gasteiger partial charge in [-0.2, -0.15) is 0 Å². The van der Waals surface area contributed by atoms with E-state index < -0.39 is 0 Å². The molecule has 3 heteroatoms. The van der Waals surface area contributed by atoms with Crippen molar-refractivity contribution in [3.63, 3.8) is 0 Å². The molecule has 1 unspecified atom stereocenters. The van der Waals surface area contributed by atoms with Gasteiger partial charge >= 0.3 is 0 Å². The Hall–Kier alpha value is -0.830. The van der Waals surface area contributed by atoms with Crippen LogP contribution in [0.5, 0.6) is 0 Å². The average molecular weight is 196 g/mol. The molecule has 14 heavy (non-hydrogen) atoms. The number of nitrogens with one attached hydrogen (secondary N) is 1. The number of carbonyl (C=O) groups excluding carboxylic acids is 1. The standard InChI is InChI=1S/C11H20N2O/c1-3-8-13(4-2)11(14)9-10-6-5-7-12-10/h3,10,12H,1,4-9H2,2H3. The monoisotopic (exact) mass is 196 g/mol. The van der Waals surface area contributed by atoms with E-state index in [0.29, 0.717) is 19.0 Å². The minimum absolute atomic E-state index is 0.242. The molecule has 80 valence electrons. The average Bonchev–Trinajstić information content (AvgIpc) is 2.66. The van der Waals surface area contributed by atoms with Gasteiger partial charge in [-0.1, -0.05) is 6.08 Å². The summed E-state index contributed by atoms with van der Waals surface area (Å²) in [6.45, 7) is 8.16. The number of amides is 1. The van der Waals surface area contributed by atoms with E-state index in [0.717, 1.165) is 19.5 Å². The number of likely N-dealkylation sites (N-methyl/N-ethyl adjacent to an activating group) is 1. The van der Waals surface area contributed by atoms with Crippen molar-refractivity contribution < 1.29 is 4.79 Å². The largest absolute Gasteiger partial charge is 0.339 e. The van der Waals surface area contributed by atoms with Crippen LogP contribution in [0.1, 0.15) is 26.2 Å². The number of rotatable bonds is 5. The molecule has 0 bridgehead atoms. The Bertz CT molecular complexity index is 197. The van der Waals surface area contributed by atoms with Gasteiger partial charge in [-0.3, -0.25) is 4.79 Å². The molecular weight excluding hydrogens is 176 g/mol. The fourth-order valence-corrected chi connectivity index (χ4v) is 1.83. The highest BCUT2D eigenvalue weighted by atomic mass is 16.2. The molecule has 0 aromatic rings.